The predicted octanol–water partition coefficient (Wildman–Crippen LogP) is 3.48. The molecule has 0 saturated carbocycles. The molecule has 19 heavy (non-hydrogen) atoms. The maximum atomic E-state index is 11.1. The Morgan fingerprint density at radius 2 is 1.95 bits per heavy atom. The Morgan fingerprint density at radius 1 is 1.16 bits per heavy atom. The van der Waals surface area contributed by atoms with Crippen molar-refractivity contribution < 1.29 is 9.53 Å². The molecule has 2 unspecified atom stereocenters. The van der Waals surface area contributed by atoms with Gasteiger partial charge >= 0.3 is 0 Å². The summed E-state index contributed by atoms with van der Waals surface area (Å²) in [5, 5.41) is 0. The topological polar surface area (TPSA) is 26.3 Å². The van der Waals surface area contributed by atoms with Gasteiger partial charge in [0.05, 0.1) is 0 Å². The van der Waals surface area contributed by atoms with Crippen molar-refractivity contribution in [1.29, 1.82) is 0 Å². The zero-order valence-corrected chi connectivity index (χ0v) is 10.9. The standard InChI is InChI=1S/C17H16O2/c1-12-7-8-17-16(9-12)15(10-14(11-18)19-17)13-5-3-2-4-6-13/h2-9,11,14-15H,10H2,1H3. The van der Waals surface area contributed by atoms with Crippen LogP contribution in [-0.2, 0) is 4.79 Å². The molecule has 2 heteroatoms. The van der Waals surface area contributed by atoms with E-state index in [4.69, 9.17) is 4.74 Å². The Hall–Kier alpha value is -2.09. The van der Waals surface area contributed by atoms with E-state index in [-0.39, 0.29) is 12.0 Å². The second kappa shape index (κ2) is 4.88. The third-order valence-corrected chi connectivity index (χ3v) is 3.64. The minimum absolute atomic E-state index is 0.236. The Kier molecular flexibility index (Phi) is 3.08. The molecule has 2 aromatic carbocycles. The first kappa shape index (κ1) is 12.0. The predicted molar refractivity (Wildman–Crippen MR) is 74.6 cm³/mol. The molecular formula is C17H16O2. The molecule has 0 saturated heterocycles. The lowest BCUT2D eigenvalue weighted by Gasteiger charge is -2.30. The molecule has 0 aliphatic carbocycles. The van der Waals surface area contributed by atoms with E-state index in [0.717, 1.165) is 12.0 Å². The SMILES string of the molecule is Cc1ccc2c(c1)C(c1ccccc1)CC(C=O)O2. The molecule has 0 amide bonds. The second-order valence-electron chi connectivity index (χ2n) is 5.03. The smallest absolute Gasteiger partial charge is 0.160 e. The van der Waals surface area contributed by atoms with Gasteiger partial charge in [-0.05, 0) is 18.6 Å². The van der Waals surface area contributed by atoms with Crippen LogP contribution in [0.25, 0.3) is 0 Å². The molecule has 0 spiro atoms. The van der Waals surface area contributed by atoms with Crippen LogP contribution in [0.15, 0.2) is 48.5 Å². The molecule has 3 rings (SSSR count). The summed E-state index contributed by atoms with van der Waals surface area (Å²) < 4.78 is 5.72. The number of carbonyl (C=O) groups excluding carboxylic acids is 1. The number of benzene rings is 2. The van der Waals surface area contributed by atoms with Crippen LogP contribution in [-0.4, -0.2) is 12.4 Å². The molecule has 1 aliphatic rings. The summed E-state index contributed by atoms with van der Waals surface area (Å²) >= 11 is 0. The summed E-state index contributed by atoms with van der Waals surface area (Å²) in [7, 11) is 0. The first-order chi connectivity index (χ1) is 9.28. The Bertz CT molecular complexity index is 589. The third kappa shape index (κ3) is 2.26. The van der Waals surface area contributed by atoms with Crippen LogP contribution in [0, 0.1) is 6.92 Å². The van der Waals surface area contributed by atoms with Crippen molar-refractivity contribution in [2.75, 3.05) is 0 Å². The minimum Gasteiger partial charge on any atom is -0.483 e. The van der Waals surface area contributed by atoms with E-state index in [1.54, 1.807) is 0 Å². The molecule has 2 aromatic rings. The van der Waals surface area contributed by atoms with Gasteiger partial charge in [0, 0.05) is 17.9 Å². The molecule has 0 fully saturated rings. The second-order valence-corrected chi connectivity index (χ2v) is 5.03. The quantitative estimate of drug-likeness (QED) is 0.765. The molecule has 2 nitrogen and oxygen atoms in total. The summed E-state index contributed by atoms with van der Waals surface area (Å²) in [6, 6.07) is 16.5. The van der Waals surface area contributed by atoms with Crippen LogP contribution < -0.4 is 4.74 Å². The van der Waals surface area contributed by atoms with E-state index in [2.05, 4.69) is 25.1 Å². The number of hydrogen-bond acceptors (Lipinski definition) is 2. The zero-order valence-electron chi connectivity index (χ0n) is 10.9. The Labute approximate surface area is 113 Å². The third-order valence-electron chi connectivity index (χ3n) is 3.64. The average molecular weight is 252 g/mol. The highest BCUT2D eigenvalue weighted by Gasteiger charge is 2.29. The number of ether oxygens (including phenoxy) is 1. The van der Waals surface area contributed by atoms with Crippen molar-refractivity contribution in [3.63, 3.8) is 0 Å². The van der Waals surface area contributed by atoms with E-state index in [1.807, 2.05) is 30.3 Å². The first-order valence-corrected chi connectivity index (χ1v) is 6.55. The largest absolute Gasteiger partial charge is 0.483 e. The highest BCUT2D eigenvalue weighted by Crippen LogP contribution is 2.40. The van der Waals surface area contributed by atoms with Gasteiger partial charge in [0.25, 0.3) is 0 Å². The van der Waals surface area contributed by atoms with E-state index < -0.39 is 0 Å². The van der Waals surface area contributed by atoms with Crippen LogP contribution in [0.1, 0.15) is 29.0 Å². The summed E-state index contributed by atoms with van der Waals surface area (Å²) in [4.78, 5) is 11.1. The highest BCUT2D eigenvalue weighted by molar-refractivity contribution is 5.60. The number of carbonyl (C=O) groups is 1. The van der Waals surface area contributed by atoms with E-state index in [9.17, 15) is 4.79 Å². The van der Waals surface area contributed by atoms with Crippen LogP contribution in [0.5, 0.6) is 5.75 Å². The number of aryl methyl sites for hydroxylation is 1. The first-order valence-electron chi connectivity index (χ1n) is 6.55. The van der Waals surface area contributed by atoms with Crippen molar-refractivity contribution in [2.24, 2.45) is 0 Å². The van der Waals surface area contributed by atoms with Crippen molar-refractivity contribution in [3.8, 4) is 5.75 Å². The van der Waals surface area contributed by atoms with Crippen LogP contribution >= 0.6 is 0 Å². The molecule has 0 radical (unpaired) electrons. The fourth-order valence-electron chi connectivity index (χ4n) is 2.70. The molecule has 0 N–H and O–H groups in total. The van der Waals surface area contributed by atoms with Crippen LogP contribution in [0.2, 0.25) is 0 Å². The van der Waals surface area contributed by atoms with Crippen LogP contribution in [0.4, 0.5) is 0 Å². The van der Waals surface area contributed by atoms with Gasteiger partial charge in [-0.15, -0.1) is 0 Å². The molecule has 1 aliphatic heterocycles. The number of hydrogen-bond donors (Lipinski definition) is 0. The minimum atomic E-state index is -0.347. The molecule has 96 valence electrons. The maximum absolute atomic E-state index is 11.1. The normalized spacial score (nSPS) is 21.3. The number of rotatable bonds is 2. The monoisotopic (exact) mass is 252 g/mol. The van der Waals surface area contributed by atoms with Gasteiger partial charge < -0.3 is 4.74 Å². The fourth-order valence-corrected chi connectivity index (χ4v) is 2.70. The van der Waals surface area contributed by atoms with Crippen molar-refractivity contribution in [3.05, 3.63) is 65.2 Å². The average Bonchev–Trinajstić information content (AvgIpc) is 2.47. The molecule has 0 aromatic heterocycles. The lowest BCUT2D eigenvalue weighted by Crippen LogP contribution is -2.27. The van der Waals surface area contributed by atoms with Gasteiger partial charge in [-0.2, -0.15) is 0 Å². The van der Waals surface area contributed by atoms with Gasteiger partial charge in [-0.1, -0.05) is 48.0 Å². The van der Waals surface area contributed by atoms with Gasteiger partial charge in [-0.25, -0.2) is 0 Å². The summed E-state index contributed by atoms with van der Waals surface area (Å²) in [5.41, 5.74) is 3.64. The maximum Gasteiger partial charge on any atom is 0.160 e. The van der Waals surface area contributed by atoms with Gasteiger partial charge in [-0.3, -0.25) is 4.79 Å². The van der Waals surface area contributed by atoms with Crippen molar-refractivity contribution >= 4 is 6.29 Å². The summed E-state index contributed by atoms with van der Waals surface area (Å²) in [6.45, 7) is 2.08. The van der Waals surface area contributed by atoms with Gasteiger partial charge in [0.1, 0.15) is 5.75 Å². The Balaban J connectivity index is 2.09. The van der Waals surface area contributed by atoms with E-state index in [1.165, 1.54) is 16.7 Å². The summed E-state index contributed by atoms with van der Waals surface area (Å²) in [6.07, 6.45) is 1.27. The molecule has 0 bridgehead atoms. The van der Waals surface area contributed by atoms with E-state index in [0.29, 0.717) is 6.42 Å². The molecule has 1 heterocycles. The molecular weight excluding hydrogens is 236 g/mol. The van der Waals surface area contributed by atoms with Gasteiger partial charge in [0.15, 0.2) is 12.4 Å². The highest BCUT2D eigenvalue weighted by atomic mass is 16.5. The van der Waals surface area contributed by atoms with Crippen LogP contribution in [0.3, 0.4) is 0 Å². The lowest BCUT2D eigenvalue weighted by atomic mass is 9.84. The zero-order chi connectivity index (χ0) is 13.2. The fraction of sp³-hybridized carbons (Fsp3) is 0.235. The number of fused-ring (bicyclic) bond motifs is 1. The lowest BCUT2D eigenvalue weighted by molar-refractivity contribution is -0.114. The van der Waals surface area contributed by atoms with E-state index >= 15 is 0 Å². The number of aldehydes is 1. The molecule has 2 atom stereocenters. The van der Waals surface area contributed by atoms with Gasteiger partial charge in [0.2, 0.25) is 0 Å². The van der Waals surface area contributed by atoms with Crippen molar-refractivity contribution in [1.82, 2.24) is 0 Å². The Morgan fingerprint density at radius 3 is 2.68 bits per heavy atom. The summed E-state index contributed by atoms with van der Waals surface area (Å²) in [5.74, 6) is 1.07. The van der Waals surface area contributed by atoms with Crippen molar-refractivity contribution in [2.45, 2.75) is 25.4 Å².